The van der Waals surface area contributed by atoms with Gasteiger partial charge in [-0.1, -0.05) is 13.8 Å². The van der Waals surface area contributed by atoms with Gasteiger partial charge >= 0.3 is 6.18 Å². The minimum Gasteiger partial charge on any atom is -0.493 e. The van der Waals surface area contributed by atoms with Crippen LogP contribution in [0.25, 0.3) is 0 Å². The van der Waals surface area contributed by atoms with Gasteiger partial charge in [0.2, 0.25) is 0 Å². The Hall–Kier alpha value is -1.47. The van der Waals surface area contributed by atoms with Gasteiger partial charge in [0, 0.05) is 19.1 Å². The monoisotopic (exact) mass is 387 g/mol. The summed E-state index contributed by atoms with van der Waals surface area (Å²) in [5.41, 5.74) is 2.00. The second-order valence-corrected chi connectivity index (χ2v) is 8.06. The molecule has 1 aromatic carbocycles. The van der Waals surface area contributed by atoms with Crippen molar-refractivity contribution in [1.82, 2.24) is 4.90 Å². The Morgan fingerprint density at radius 3 is 2.63 bits per heavy atom. The molecule has 0 aromatic heterocycles. The van der Waals surface area contributed by atoms with E-state index in [1.54, 1.807) is 12.1 Å². The molecular formula is C20H28F3NO3. The standard InChI is InChI=1S/C20H28F3NO3/c1-12(2)6-14-10-24-5-4-13-7-19(27-11-20(21,22)23)18(26-3)8-15(13)16(24)9-17(14)25/h7-8,12,14,16-17,25H,4-6,9-11H2,1-3H3/t14-,16+,17+/m1/s1. The van der Waals surface area contributed by atoms with Crippen LogP contribution in [0, 0.1) is 11.8 Å². The number of aliphatic hydroxyl groups is 1. The summed E-state index contributed by atoms with van der Waals surface area (Å²) in [4.78, 5) is 2.39. The zero-order valence-electron chi connectivity index (χ0n) is 16.1. The van der Waals surface area contributed by atoms with Crippen LogP contribution in [0.2, 0.25) is 0 Å². The van der Waals surface area contributed by atoms with Gasteiger partial charge in [-0.3, -0.25) is 4.90 Å². The normalized spacial score (nSPS) is 25.9. The zero-order chi connectivity index (χ0) is 19.8. The van der Waals surface area contributed by atoms with Crippen LogP contribution >= 0.6 is 0 Å². The Labute approximate surface area is 158 Å². The molecule has 0 amide bonds. The summed E-state index contributed by atoms with van der Waals surface area (Å²) < 4.78 is 47.8. The van der Waals surface area contributed by atoms with Gasteiger partial charge in [-0.15, -0.1) is 0 Å². The first kappa shape index (κ1) is 20.3. The number of hydrogen-bond acceptors (Lipinski definition) is 4. The van der Waals surface area contributed by atoms with Crippen molar-refractivity contribution in [3.05, 3.63) is 23.3 Å². The van der Waals surface area contributed by atoms with E-state index < -0.39 is 12.8 Å². The quantitative estimate of drug-likeness (QED) is 0.830. The molecule has 3 rings (SSSR count). The van der Waals surface area contributed by atoms with Crippen LogP contribution in [0.15, 0.2) is 12.1 Å². The molecule has 27 heavy (non-hydrogen) atoms. The summed E-state index contributed by atoms with van der Waals surface area (Å²) in [6.45, 7) is 4.67. The first-order valence-electron chi connectivity index (χ1n) is 9.50. The number of aliphatic hydroxyl groups excluding tert-OH is 1. The minimum absolute atomic E-state index is 0.0673. The fourth-order valence-corrected chi connectivity index (χ4v) is 4.37. The number of halogens is 3. The van der Waals surface area contributed by atoms with E-state index in [0.717, 1.165) is 37.1 Å². The van der Waals surface area contributed by atoms with E-state index in [0.29, 0.717) is 18.1 Å². The highest BCUT2D eigenvalue weighted by atomic mass is 19.4. The minimum atomic E-state index is -4.39. The molecule has 1 aromatic rings. The van der Waals surface area contributed by atoms with Crippen LogP contribution in [0.5, 0.6) is 11.5 Å². The van der Waals surface area contributed by atoms with Crippen LogP contribution < -0.4 is 9.47 Å². The number of fused-ring (bicyclic) bond motifs is 3. The summed E-state index contributed by atoms with van der Waals surface area (Å²) in [5.74, 6) is 1.22. The fourth-order valence-electron chi connectivity index (χ4n) is 4.37. The predicted molar refractivity (Wildman–Crippen MR) is 96.1 cm³/mol. The zero-order valence-corrected chi connectivity index (χ0v) is 16.1. The Kier molecular flexibility index (Phi) is 5.91. The third-order valence-electron chi connectivity index (χ3n) is 5.54. The van der Waals surface area contributed by atoms with Crippen LogP contribution in [-0.2, 0) is 6.42 Å². The number of methoxy groups -OCH3 is 1. The molecule has 0 spiro atoms. The van der Waals surface area contributed by atoms with E-state index in [2.05, 4.69) is 18.7 Å². The van der Waals surface area contributed by atoms with Gasteiger partial charge in [0.1, 0.15) is 0 Å². The van der Waals surface area contributed by atoms with Gasteiger partial charge in [0.25, 0.3) is 0 Å². The van der Waals surface area contributed by atoms with Crippen molar-refractivity contribution in [3.8, 4) is 11.5 Å². The van der Waals surface area contributed by atoms with Crippen molar-refractivity contribution in [2.75, 3.05) is 26.8 Å². The van der Waals surface area contributed by atoms with Crippen LogP contribution in [0.3, 0.4) is 0 Å². The first-order chi connectivity index (χ1) is 12.7. The number of piperidine rings is 1. The maximum atomic E-state index is 12.5. The van der Waals surface area contributed by atoms with Crippen molar-refractivity contribution < 1.29 is 27.8 Å². The van der Waals surface area contributed by atoms with Crippen molar-refractivity contribution in [2.45, 2.75) is 51.4 Å². The fraction of sp³-hybridized carbons (Fsp3) is 0.700. The average molecular weight is 387 g/mol. The number of alkyl halides is 3. The van der Waals surface area contributed by atoms with Gasteiger partial charge in [-0.05, 0) is 54.4 Å². The lowest BCUT2D eigenvalue weighted by Crippen LogP contribution is -2.48. The van der Waals surface area contributed by atoms with E-state index in [9.17, 15) is 18.3 Å². The van der Waals surface area contributed by atoms with Gasteiger partial charge in [-0.25, -0.2) is 0 Å². The molecule has 2 heterocycles. The molecule has 2 aliphatic rings. The van der Waals surface area contributed by atoms with Crippen molar-refractivity contribution in [3.63, 3.8) is 0 Å². The molecule has 0 saturated carbocycles. The maximum absolute atomic E-state index is 12.5. The molecule has 7 heteroatoms. The summed E-state index contributed by atoms with van der Waals surface area (Å²) in [7, 11) is 1.43. The molecule has 1 N–H and O–H groups in total. The van der Waals surface area contributed by atoms with Crippen molar-refractivity contribution in [2.24, 2.45) is 11.8 Å². The van der Waals surface area contributed by atoms with Gasteiger partial charge in [-0.2, -0.15) is 13.2 Å². The summed E-state index contributed by atoms with van der Waals surface area (Å²) in [5, 5.41) is 10.6. The Balaban J connectivity index is 1.82. The number of hydrogen-bond donors (Lipinski definition) is 1. The molecular weight excluding hydrogens is 359 g/mol. The highest BCUT2D eigenvalue weighted by Crippen LogP contribution is 2.43. The third kappa shape index (κ3) is 4.69. The molecule has 0 unspecified atom stereocenters. The molecule has 152 valence electrons. The second kappa shape index (κ2) is 7.87. The molecule has 4 nitrogen and oxygen atoms in total. The lowest BCUT2D eigenvalue weighted by molar-refractivity contribution is -0.153. The van der Waals surface area contributed by atoms with E-state index in [1.807, 2.05) is 0 Å². The third-order valence-corrected chi connectivity index (χ3v) is 5.54. The van der Waals surface area contributed by atoms with Crippen LogP contribution in [0.1, 0.15) is 43.9 Å². The van der Waals surface area contributed by atoms with Gasteiger partial charge in [0.05, 0.1) is 13.2 Å². The molecule has 0 aliphatic carbocycles. The summed E-state index contributed by atoms with van der Waals surface area (Å²) in [6, 6.07) is 3.52. The largest absolute Gasteiger partial charge is 0.493 e. The van der Waals surface area contributed by atoms with Crippen molar-refractivity contribution in [1.29, 1.82) is 0 Å². The molecule has 1 saturated heterocycles. The average Bonchev–Trinajstić information content (AvgIpc) is 2.58. The van der Waals surface area contributed by atoms with E-state index >= 15 is 0 Å². The number of rotatable bonds is 5. The maximum Gasteiger partial charge on any atom is 0.422 e. The van der Waals surface area contributed by atoms with E-state index in [-0.39, 0.29) is 23.8 Å². The summed E-state index contributed by atoms with van der Waals surface area (Å²) >= 11 is 0. The molecule has 1 fully saturated rings. The van der Waals surface area contributed by atoms with Crippen LogP contribution in [-0.4, -0.2) is 49.1 Å². The number of benzene rings is 1. The number of ether oxygens (including phenoxy) is 2. The van der Waals surface area contributed by atoms with Crippen LogP contribution in [0.4, 0.5) is 13.2 Å². The van der Waals surface area contributed by atoms with E-state index in [1.165, 1.54) is 7.11 Å². The van der Waals surface area contributed by atoms with Gasteiger partial charge < -0.3 is 14.6 Å². The topological polar surface area (TPSA) is 41.9 Å². The van der Waals surface area contributed by atoms with Crippen molar-refractivity contribution >= 4 is 0 Å². The Morgan fingerprint density at radius 1 is 1.26 bits per heavy atom. The first-order valence-corrected chi connectivity index (χ1v) is 9.50. The predicted octanol–water partition coefficient (Wildman–Crippen LogP) is 3.96. The lowest BCUT2D eigenvalue weighted by Gasteiger charge is -2.46. The van der Waals surface area contributed by atoms with Gasteiger partial charge in [0.15, 0.2) is 18.1 Å². The molecule has 3 atom stereocenters. The highest BCUT2D eigenvalue weighted by Gasteiger charge is 2.39. The SMILES string of the molecule is COc1cc2c(cc1OCC(F)(F)F)CCN1C[C@@H](CC(C)C)[C@@H](O)C[C@@H]21. The van der Waals surface area contributed by atoms with E-state index in [4.69, 9.17) is 9.47 Å². The summed E-state index contributed by atoms with van der Waals surface area (Å²) in [6.07, 6.45) is -2.38. The Bertz CT molecular complexity index is 663. The lowest BCUT2D eigenvalue weighted by atomic mass is 9.79. The molecule has 0 radical (unpaired) electrons. The molecule has 2 aliphatic heterocycles. The second-order valence-electron chi connectivity index (χ2n) is 8.06. The number of nitrogens with zero attached hydrogens (tertiary/aromatic N) is 1. The Morgan fingerprint density at radius 2 is 2.00 bits per heavy atom. The highest BCUT2D eigenvalue weighted by molar-refractivity contribution is 5.49. The molecule has 0 bridgehead atoms. The smallest absolute Gasteiger partial charge is 0.422 e.